The lowest BCUT2D eigenvalue weighted by atomic mass is 9.92. The fourth-order valence-corrected chi connectivity index (χ4v) is 3.62. The predicted octanol–water partition coefficient (Wildman–Crippen LogP) is 4.93. The Bertz CT molecular complexity index is 862. The molecule has 2 aromatic carbocycles. The van der Waals surface area contributed by atoms with Gasteiger partial charge in [0.05, 0.1) is 17.2 Å². The summed E-state index contributed by atoms with van der Waals surface area (Å²) in [6.45, 7) is 0.0368. The maximum atomic E-state index is 13.1. The number of likely N-dealkylation sites (tertiary alicyclic amines) is 1. The van der Waals surface area contributed by atoms with Crippen LogP contribution >= 0.6 is 0 Å². The average Bonchev–Trinajstić information content (AvgIpc) is 2.67. The normalized spacial score (nSPS) is 20.3. The minimum atomic E-state index is -5.03. The van der Waals surface area contributed by atoms with Crippen LogP contribution in [0.25, 0.3) is 0 Å². The first kappa shape index (κ1) is 22.1. The molecule has 0 aromatic heterocycles. The molecule has 30 heavy (non-hydrogen) atoms. The van der Waals surface area contributed by atoms with Crippen LogP contribution in [0.4, 0.5) is 26.3 Å². The van der Waals surface area contributed by atoms with Crippen LogP contribution < -0.4 is 0 Å². The third-order valence-electron chi connectivity index (χ3n) is 5.10. The van der Waals surface area contributed by atoms with Gasteiger partial charge in [-0.2, -0.15) is 26.3 Å². The van der Waals surface area contributed by atoms with Crippen LogP contribution in [0.3, 0.4) is 0 Å². The molecule has 3 rings (SSSR count). The number of piperidine rings is 1. The van der Waals surface area contributed by atoms with Gasteiger partial charge < -0.3 is 10.0 Å². The van der Waals surface area contributed by atoms with Gasteiger partial charge in [0.15, 0.2) is 0 Å². The Morgan fingerprint density at radius 3 is 2.07 bits per heavy atom. The van der Waals surface area contributed by atoms with Gasteiger partial charge in [-0.25, -0.2) is 0 Å². The van der Waals surface area contributed by atoms with Gasteiger partial charge in [-0.15, -0.1) is 0 Å². The summed E-state index contributed by atoms with van der Waals surface area (Å²) in [5.74, 6) is -0.917. The number of aliphatic hydroxyl groups is 1. The molecule has 0 saturated carbocycles. The Labute approximate surface area is 168 Å². The first-order chi connectivity index (χ1) is 13.9. The van der Waals surface area contributed by atoms with E-state index in [-0.39, 0.29) is 25.5 Å². The monoisotopic (exact) mass is 431 g/mol. The number of carbonyl (C=O) groups excluding carboxylic acids is 1. The lowest BCUT2D eigenvalue weighted by Gasteiger charge is -2.38. The molecule has 1 saturated heterocycles. The Kier molecular flexibility index (Phi) is 6.12. The summed E-state index contributed by atoms with van der Waals surface area (Å²) in [5.41, 5.74) is -2.89. The summed E-state index contributed by atoms with van der Waals surface area (Å²) >= 11 is 0. The van der Waals surface area contributed by atoms with Crippen molar-refractivity contribution in [1.82, 2.24) is 4.90 Å². The molecule has 3 nitrogen and oxygen atoms in total. The molecule has 2 aromatic rings. The fourth-order valence-electron chi connectivity index (χ4n) is 3.62. The molecule has 1 aliphatic heterocycles. The number of benzene rings is 2. The zero-order valence-electron chi connectivity index (χ0n) is 15.7. The summed E-state index contributed by atoms with van der Waals surface area (Å²) in [7, 11) is 0. The molecule has 0 spiro atoms. The van der Waals surface area contributed by atoms with E-state index in [1.165, 1.54) is 4.90 Å². The topological polar surface area (TPSA) is 40.5 Å². The molecule has 9 heteroatoms. The summed E-state index contributed by atoms with van der Waals surface area (Å²) in [6.07, 6.45) is -10.0. The number of alkyl halides is 6. The van der Waals surface area contributed by atoms with Crippen molar-refractivity contribution in [2.24, 2.45) is 0 Å². The Balaban J connectivity index is 1.96. The second-order valence-electron chi connectivity index (χ2n) is 7.31. The van der Waals surface area contributed by atoms with Crippen molar-refractivity contribution < 1.29 is 36.2 Å². The molecule has 0 unspecified atom stereocenters. The fraction of sp³-hybridized carbons (Fsp3) is 0.381. The second-order valence-corrected chi connectivity index (χ2v) is 7.31. The van der Waals surface area contributed by atoms with Crippen molar-refractivity contribution in [3.8, 4) is 0 Å². The van der Waals surface area contributed by atoms with E-state index in [1.54, 1.807) is 30.3 Å². The van der Waals surface area contributed by atoms with E-state index >= 15 is 0 Å². The minimum absolute atomic E-state index is 0.00180. The summed E-state index contributed by atoms with van der Waals surface area (Å²) in [6, 6.07) is 9.30. The Morgan fingerprint density at radius 1 is 0.967 bits per heavy atom. The summed E-state index contributed by atoms with van der Waals surface area (Å²) in [5, 5.41) is 9.99. The SMILES string of the molecule is O=C(c1cc(C(F)(F)F)cc(C(F)(F)F)c1)N1CC[C@H](O)C[C@H]1Cc1ccccc1. The van der Waals surface area contributed by atoms with Crippen LogP contribution in [0.5, 0.6) is 0 Å². The maximum absolute atomic E-state index is 13.1. The molecular formula is C21H19F6NO2. The van der Waals surface area contributed by atoms with Gasteiger partial charge in [0, 0.05) is 18.2 Å². The molecule has 2 atom stereocenters. The molecule has 1 N–H and O–H groups in total. The van der Waals surface area contributed by atoms with Crippen molar-refractivity contribution in [3.05, 3.63) is 70.8 Å². The highest BCUT2D eigenvalue weighted by atomic mass is 19.4. The standard InChI is InChI=1S/C21H19F6NO2/c22-20(23,24)15-9-14(10-16(11-15)21(25,26)27)19(30)28-7-6-18(29)12-17(28)8-13-4-2-1-3-5-13/h1-5,9-11,17-18,29H,6-8,12H2/t17-,18+/m1/s1. The van der Waals surface area contributed by atoms with E-state index in [1.807, 2.05) is 0 Å². The van der Waals surface area contributed by atoms with E-state index in [4.69, 9.17) is 0 Å². The first-order valence-electron chi connectivity index (χ1n) is 9.27. The number of aliphatic hydroxyl groups excluding tert-OH is 1. The number of halogens is 6. The van der Waals surface area contributed by atoms with Gasteiger partial charge in [-0.05, 0) is 43.0 Å². The van der Waals surface area contributed by atoms with Gasteiger partial charge in [-0.3, -0.25) is 4.79 Å². The van der Waals surface area contributed by atoms with E-state index < -0.39 is 47.1 Å². The number of rotatable bonds is 3. The van der Waals surface area contributed by atoms with Crippen LogP contribution in [0.1, 0.15) is 39.9 Å². The number of hydrogen-bond acceptors (Lipinski definition) is 2. The van der Waals surface area contributed by atoms with Gasteiger partial charge in [-0.1, -0.05) is 30.3 Å². The number of carbonyl (C=O) groups is 1. The third-order valence-corrected chi connectivity index (χ3v) is 5.10. The van der Waals surface area contributed by atoms with E-state index in [2.05, 4.69) is 0 Å². The van der Waals surface area contributed by atoms with Gasteiger partial charge in [0.2, 0.25) is 0 Å². The van der Waals surface area contributed by atoms with Crippen molar-refractivity contribution in [2.45, 2.75) is 43.8 Å². The van der Waals surface area contributed by atoms with Crippen molar-refractivity contribution in [3.63, 3.8) is 0 Å². The van der Waals surface area contributed by atoms with Crippen LogP contribution in [0, 0.1) is 0 Å². The molecule has 1 heterocycles. The average molecular weight is 431 g/mol. The predicted molar refractivity (Wildman–Crippen MR) is 96.7 cm³/mol. The highest BCUT2D eigenvalue weighted by molar-refractivity contribution is 5.95. The smallest absolute Gasteiger partial charge is 0.393 e. The molecule has 0 aliphatic carbocycles. The molecule has 1 amide bonds. The molecule has 162 valence electrons. The molecule has 0 bridgehead atoms. The lowest BCUT2D eigenvalue weighted by molar-refractivity contribution is -0.143. The third kappa shape index (κ3) is 5.13. The quantitative estimate of drug-likeness (QED) is 0.700. The number of nitrogens with zero attached hydrogens (tertiary/aromatic N) is 1. The Morgan fingerprint density at radius 2 is 1.53 bits per heavy atom. The van der Waals surface area contributed by atoms with Crippen LogP contribution in [0.15, 0.2) is 48.5 Å². The molecule has 1 fully saturated rings. The molecular weight excluding hydrogens is 412 g/mol. The van der Waals surface area contributed by atoms with E-state index in [9.17, 15) is 36.2 Å². The second kappa shape index (κ2) is 8.29. The minimum Gasteiger partial charge on any atom is -0.393 e. The Hall–Kier alpha value is -2.55. The van der Waals surface area contributed by atoms with Gasteiger partial charge in [0.25, 0.3) is 5.91 Å². The highest BCUT2D eigenvalue weighted by Gasteiger charge is 2.39. The first-order valence-corrected chi connectivity index (χ1v) is 9.27. The maximum Gasteiger partial charge on any atom is 0.416 e. The van der Waals surface area contributed by atoms with Crippen LogP contribution in [-0.2, 0) is 18.8 Å². The largest absolute Gasteiger partial charge is 0.416 e. The zero-order valence-corrected chi connectivity index (χ0v) is 15.7. The summed E-state index contributed by atoms with van der Waals surface area (Å²) in [4.78, 5) is 14.2. The van der Waals surface area contributed by atoms with E-state index in [0.717, 1.165) is 5.56 Å². The van der Waals surface area contributed by atoms with Crippen LogP contribution in [0.2, 0.25) is 0 Å². The number of hydrogen-bond donors (Lipinski definition) is 1. The summed E-state index contributed by atoms with van der Waals surface area (Å²) < 4.78 is 78.8. The van der Waals surface area contributed by atoms with Crippen LogP contribution in [-0.4, -0.2) is 34.6 Å². The molecule has 0 radical (unpaired) electrons. The van der Waals surface area contributed by atoms with Gasteiger partial charge in [0.1, 0.15) is 0 Å². The van der Waals surface area contributed by atoms with Crippen molar-refractivity contribution in [1.29, 1.82) is 0 Å². The number of amides is 1. The lowest BCUT2D eigenvalue weighted by Crippen LogP contribution is -2.48. The highest BCUT2D eigenvalue weighted by Crippen LogP contribution is 2.37. The molecule has 1 aliphatic rings. The van der Waals surface area contributed by atoms with E-state index in [0.29, 0.717) is 18.6 Å². The van der Waals surface area contributed by atoms with Crippen molar-refractivity contribution in [2.75, 3.05) is 6.54 Å². The van der Waals surface area contributed by atoms with Crippen molar-refractivity contribution >= 4 is 5.91 Å². The zero-order chi connectivity index (χ0) is 22.1. The van der Waals surface area contributed by atoms with Gasteiger partial charge >= 0.3 is 12.4 Å².